The van der Waals surface area contributed by atoms with Gasteiger partial charge in [0.15, 0.2) is 5.78 Å². The topological polar surface area (TPSA) is 40.5 Å². The van der Waals surface area contributed by atoms with Gasteiger partial charge in [0.25, 0.3) is 0 Å². The van der Waals surface area contributed by atoms with E-state index in [1.54, 1.807) is 0 Å². The molecule has 1 fully saturated rings. The summed E-state index contributed by atoms with van der Waals surface area (Å²) in [5.41, 5.74) is 0.291. The summed E-state index contributed by atoms with van der Waals surface area (Å²) in [7, 11) is 0. The average molecular weight is 315 g/mol. The summed E-state index contributed by atoms with van der Waals surface area (Å²) in [6, 6.07) is 13.7. The van der Waals surface area contributed by atoms with Crippen molar-refractivity contribution < 1.29 is 9.90 Å². The van der Waals surface area contributed by atoms with Crippen molar-refractivity contribution in [1.29, 1.82) is 0 Å². The van der Waals surface area contributed by atoms with Crippen molar-refractivity contribution in [3.05, 3.63) is 58.3 Å². The first-order valence-electron chi connectivity index (χ1n) is 7.74. The standard InChI is InChI=1S/C18H21NO2S/c20-16(17-7-4-14-22-17)8-11-19-12-9-18(21,10-13-19)15-5-2-1-3-6-15/h1-7,14,21H,8-13H2. The second-order valence-electron chi connectivity index (χ2n) is 5.89. The number of aliphatic hydroxyl groups is 1. The number of thiophene rings is 1. The first-order valence-corrected chi connectivity index (χ1v) is 8.62. The van der Waals surface area contributed by atoms with E-state index in [4.69, 9.17) is 0 Å². The van der Waals surface area contributed by atoms with Gasteiger partial charge in [-0.25, -0.2) is 0 Å². The van der Waals surface area contributed by atoms with Gasteiger partial charge < -0.3 is 10.0 Å². The molecule has 0 aliphatic carbocycles. The maximum atomic E-state index is 12.0. The molecule has 116 valence electrons. The Balaban J connectivity index is 1.51. The van der Waals surface area contributed by atoms with Gasteiger partial charge in [-0.1, -0.05) is 36.4 Å². The van der Waals surface area contributed by atoms with E-state index < -0.39 is 5.60 Å². The number of hydrogen-bond acceptors (Lipinski definition) is 4. The van der Waals surface area contributed by atoms with Crippen molar-refractivity contribution in [2.75, 3.05) is 19.6 Å². The van der Waals surface area contributed by atoms with Gasteiger partial charge >= 0.3 is 0 Å². The summed E-state index contributed by atoms with van der Waals surface area (Å²) >= 11 is 1.51. The van der Waals surface area contributed by atoms with Crippen LogP contribution in [0.3, 0.4) is 0 Å². The molecule has 4 heteroatoms. The average Bonchev–Trinajstić information content (AvgIpc) is 3.09. The number of carbonyl (C=O) groups is 1. The summed E-state index contributed by atoms with van der Waals surface area (Å²) in [4.78, 5) is 15.2. The molecule has 0 bridgehead atoms. The SMILES string of the molecule is O=C(CCN1CCC(O)(c2ccccc2)CC1)c1cccs1. The maximum absolute atomic E-state index is 12.0. The van der Waals surface area contributed by atoms with Crippen LogP contribution in [-0.4, -0.2) is 35.4 Å². The summed E-state index contributed by atoms with van der Waals surface area (Å²) in [5, 5.41) is 12.7. The number of hydrogen-bond donors (Lipinski definition) is 1. The molecule has 1 saturated heterocycles. The van der Waals surface area contributed by atoms with E-state index in [0.29, 0.717) is 6.42 Å². The van der Waals surface area contributed by atoms with Crippen LogP contribution in [0.1, 0.15) is 34.5 Å². The third-order valence-electron chi connectivity index (χ3n) is 4.45. The highest BCUT2D eigenvalue weighted by molar-refractivity contribution is 7.12. The van der Waals surface area contributed by atoms with E-state index >= 15 is 0 Å². The van der Waals surface area contributed by atoms with Gasteiger partial charge in [-0.2, -0.15) is 0 Å². The minimum atomic E-state index is -0.713. The van der Waals surface area contributed by atoms with Gasteiger partial charge in [0.2, 0.25) is 0 Å². The Kier molecular flexibility index (Phi) is 4.71. The van der Waals surface area contributed by atoms with Crippen molar-refractivity contribution in [1.82, 2.24) is 4.90 Å². The summed E-state index contributed by atoms with van der Waals surface area (Å²) in [6.07, 6.45) is 2.01. The van der Waals surface area contributed by atoms with Gasteiger partial charge in [-0.05, 0) is 29.9 Å². The number of ketones is 1. The Labute approximate surface area is 135 Å². The number of benzene rings is 1. The Bertz CT molecular complexity index is 601. The first kappa shape index (κ1) is 15.4. The van der Waals surface area contributed by atoms with Crippen LogP contribution < -0.4 is 0 Å². The smallest absolute Gasteiger partial charge is 0.174 e. The minimum Gasteiger partial charge on any atom is -0.385 e. The zero-order valence-corrected chi connectivity index (χ0v) is 13.4. The van der Waals surface area contributed by atoms with E-state index in [1.165, 1.54) is 11.3 Å². The second-order valence-corrected chi connectivity index (χ2v) is 6.84. The predicted molar refractivity (Wildman–Crippen MR) is 89.3 cm³/mol. The summed E-state index contributed by atoms with van der Waals surface area (Å²) < 4.78 is 0. The number of Topliss-reactive ketones (excluding diaryl/α,β-unsaturated/α-hetero) is 1. The molecule has 0 saturated carbocycles. The van der Waals surface area contributed by atoms with Crippen LogP contribution in [0, 0.1) is 0 Å². The molecule has 0 unspecified atom stereocenters. The summed E-state index contributed by atoms with van der Waals surface area (Å²) in [5.74, 6) is 0.221. The van der Waals surface area contributed by atoms with Crippen LogP contribution in [0.25, 0.3) is 0 Å². The molecular weight excluding hydrogens is 294 g/mol. The Morgan fingerprint density at radius 2 is 1.86 bits per heavy atom. The van der Waals surface area contributed by atoms with E-state index in [-0.39, 0.29) is 5.78 Å². The quantitative estimate of drug-likeness (QED) is 0.861. The molecule has 3 nitrogen and oxygen atoms in total. The predicted octanol–water partition coefficient (Wildman–Crippen LogP) is 3.30. The zero-order valence-electron chi connectivity index (χ0n) is 12.6. The van der Waals surface area contributed by atoms with E-state index in [9.17, 15) is 9.90 Å². The molecule has 0 radical (unpaired) electrons. The second kappa shape index (κ2) is 6.73. The molecule has 1 N–H and O–H groups in total. The number of rotatable bonds is 5. The van der Waals surface area contributed by atoms with Crippen molar-refractivity contribution in [3.8, 4) is 0 Å². The molecule has 2 heterocycles. The molecule has 1 aliphatic rings. The molecular formula is C18H21NO2S. The van der Waals surface area contributed by atoms with Gasteiger partial charge in [0.05, 0.1) is 10.5 Å². The molecule has 1 aromatic carbocycles. The van der Waals surface area contributed by atoms with E-state index in [2.05, 4.69) is 4.90 Å². The lowest BCUT2D eigenvalue weighted by atomic mass is 9.84. The lowest BCUT2D eigenvalue weighted by Gasteiger charge is -2.38. The Hall–Kier alpha value is -1.49. The lowest BCUT2D eigenvalue weighted by Crippen LogP contribution is -2.43. The van der Waals surface area contributed by atoms with Crippen molar-refractivity contribution >= 4 is 17.1 Å². The van der Waals surface area contributed by atoms with Gasteiger partial charge in [-0.3, -0.25) is 4.79 Å². The number of likely N-dealkylation sites (tertiary alicyclic amines) is 1. The highest BCUT2D eigenvalue weighted by atomic mass is 32.1. The highest BCUT2D eigenvalue weighted by Gasteiger charge is 2.33. The van der Waals surface area contributed by atoms with Crippen LogP contribution in [0.15, 0.2) is 47.8 Å². The normalized spacial score (nSPS) is 18.2. The van der Waals surface area contributed by atoms with Crippen molar-refractivity contribution in [2.45, 2.75) is 24.9 Å². The van der Waals surface area contributed by atoms with Crippen molar-refractivity contribution in [2.24, 2.45) is 0 Å². The molecule has 2 aromatic rings. The monoisotopic (exact) mass is 315 g/mol. The van der Waals surface area contributed by atoms with Crippen molar-refractivity contribution in [3.63, 3.8) is 0 Å². The fraction of sp³-hybridized carbons (Fsp3) is 0.389. The number of nitrogens with zero attached hydrogens (tertiary/aromatic N) is 1. The molecule has 22 heavy (non-hydrogen) atoms. The maximum Gasteiger partial charge on any atom is 0.174 e. The third kappa shape index (κ3) is 3.46. The largest absolute Gasteiger partial charge is 0.385 e. The van der Waals surface area contributed by atoms with Crippen LogP contribution in [0.2, 0.25) is 0 Å². The molecule has 0 amide bonds. The van der Waals surface area contributed by atoms with Gasteiger partial charge in [-0.15, -0.1) is 11.3 Å². The van der Waals surface area contributed by atoms with Gasteiger partial charge in [0, 0.05) is 26.1 Å². The summed E-state index contributed by atoms with van der Waals surface area (Å²) in [6.45, 7) is 2.45. The van der Waals surface area contributed by atoms with Crippen LogP contribution in [0.5, 0.6) is 0 Å². The van der Waals surface area contributed by atoms with Crippen LogP contribution in [-0.2, 0) is 5.60 Å². The van der Waals surface area contributed by atoms with E-state index in [1.807, 2.05) is 47.8 Å². The minimum absolute atomic E-state index is 0.221. The number of piperidine rings is 1. The number of carbonyl (C=O) groups excluding carboxylic acids is 1. The van der Waals surface area contributed by atoms with Crippen LogP contribution >= 0.6 is 11.3 Å². The Morgan fingerprint density at radius 3 is 2.50 bits per heavy atom. The molecule has 1 aliphatic heterocycles. The van der Waals surface area contributed by atoms with E-state index in [0.717, 1.165) is 42.9 Å². The zero-order chi connectivity index (χ0) is 15.4. The lowest BCUT2D eigenvalue weighted by molar-refractivity contribution is -0.0256. The Morgan fingerprint density at radius 1 is 1.14 bits per heavy atom. The third-order valence-corrected chi connectivity index (χ3v) is 5.36. The van der Waals surface area contributed by atoms with Gasteiger partial charge in [0.1, 0.15) is 0 Å². The highest BCUT2D eigenvalue weighted by Crippen LogP contribution is 2.32. The van der Waals surface area contributed by atoms with Crippen LogP contribution in [0.4, 0.5) is 0 Å². The fourth-order valence-electron chi connectivity index (χ4n) is 3.00. The molecule has 0 spiro atoms. The first-order chi connectivity index (χ1) is 10.7. The molecule has 0 atom stereocenters. The fourth-order valence-corrected chi connectivity index (χ4v) is 3.70. The molecule has 3 rings (SSSR count). The molecule has 1 aromatic heterocycles.